The van der Waals surface area contributed by atoms with Crippen LogP contribution in [0, 0.1) is 0 Å². The number of nitrogens with zero attached hydrogens (tertiary/aromatic N) is 3. The Kier molecular flexibility index (Phi) is 4.30. The van der Waals surface area contributed by atoms with E-state index in [1.54, 1.807) is 18.7 Å². The van der Waals surface area contributed by atoms with E-state index in [1.807, 2.05) is 23.7 Å². The van der Waals surface area contributed by atoms with Crippen molar-refractivity contribution in [1.82, 2.24) is 19.9 Å². The lowest BCUT2D eigenvalue weighted by molar-refractivity contribution is 0.295. The lowest BCUT2D eigenvalue weighted by Gasteiger charge is -2.07. The molecule has 0 amide bonds. The van der Waals surface area contributed by atoms with Gasteiger partial charge >= 0.3 is 0 Å². The number of imidazole rings is 1. The molecule has 0 saturated carbocycles. The Morgan fingerprint density at radius 2 is 2.22 bits per heavy atom. The largest absolute Gasteiger partial charge is 0.486 e. The molecule has 2 heterocycles. The molecule has 18 heavy (non-hydrogen) atoms. The van der Waals surface area contributed by atoms with Gasteiger partial charge in [-0.2, -0.15) is 0 Å². The molecule has 0 radical (unpaired) electrons. The molecule has 5 nitrogen and oxygen atoms in total. The maximum atomic E-state index is 5.65. The number of hydrogen-bond donors (Lipinski definition) is 1. The third kappa shape index (κ3) is 3.30. The Hall–Kier alpha value is -1.88. The van der Waals surface area contributed by atoms with Gasteiger partial charge in [0.05, 0.1) is 30.1 Å². The minimum atomic E-state index is 0.505. The first-order chi connectivity index (χ1) is 8.79. The fraction of sp³-hybridized carbons (Fsp3) is 0.385. The Morgan fingerprint density at radius 1 is 1.33 bits per heavy atom. The van der Waals surface area contributed by atoms with Gasteiger partial charge in [0.15, 0.2) is 0 Å². The minimum absolute atomic E-state index is 0.505. The molecular formula is C13H18N4O. The molecule has 96 valence electrons. The van der Waals surface area contributed by atoms with Gasteiger partial charge in [-0.05, 0) is 18.7 Å². The summed E-state index contributed by atoms with van der Waals surface area (Å²) in [6.07, 6.45) is 5.31. The molecule has 0 aliphatic heterocycles. The predicted molar refractivity (Wildman–Crippen MR) is 69.2 cm³/mol. The van der Waals surface area contributed by atoms with Crippen LogP contribution in [0.5, 0.6) is 5.75 Å². The summed E-state index contributed by atoms with van der Waals surface area (Å²) < 4.78 is 7.58. The second kappa shape index (κ2) is 6.16. The standard InChI is InChI=1S/C13H18N4O/c1-3-14-6-11-4-5-13(8-16-11)18-9-12-7-15-10-17(12)2/h4-5,7-8,10,14H,3,6,9H2,1-2H3. The Balaban J connectivity index is 1.88. The molecule has 5 heteroatoms. The summed E-state index contributed by atoms with van der Waals surface area (Å²) in [6, 6.07) is 3.91. The van der Waals surface area contributed by atoms with Crippen molar-refractivity contribution in [2.75, 3.05) is 6.54 Å². The Bertz CT molecular complexity index is 478. The van der Waals surface area contributed by atoms with Crippen molar-refractivity contribution >= 4 is 0 Å². The van der Waals surface area contributed by atoms with Crippen molar-refractivity contribution in [2.24, 2.45) is 7.05 Å². The molecule has 2 aromatic heterocycles. The normalized spacial score (nSPS) is 10.6. The van der Waals surface area contributed by atoms with Crippen molar-refractivity contribution in [3.63, 3.8) is 0 Å². The van der Waals surface area contributed by atoms with Crippen LogP contribution in [0.4, 0.5) is 0 Å². The molecule has 0 aliphatic rings. The van der Waals surface area contributed by atoms with Crippen LogP contribution < -0.4 is 10.1 Å². The maximum Gasteiger partial charge on any atom is 0.138 e. The zero-order chi connectivity index (χ0) is 12.8. The van der Waals surface area contributed by atoms with E-state index in [1.165, 1.54) is 0 Å². The van der Waals surface area contributed by atoms with Gasteiger partial charge in [-0.1, -0.05) is 6.92 Å². The molecule has 1 N–H and O–H groups in total. The third-order valence-corrected chi connectivity index (χ3v) is 2.66. The SMILES string of the molecule is CCNCc1ccc(OCc2cncn2C)cn1. The number of hydrogen-bond acceptors (Lipinski definition) is 4. The van der Waals surface area contributed by atoms with Gasteiger partial charge in [-0.3, -0.25) is 4.98 Å². The van der Waals surface area contributed by atoms with E-state index < -0.39 is 0 Å². The van der Waals surface area contributed by atoms with Crippen LogP contribution in [0.15, 0.2) is 30.9 Å². The number of ether oxygens (including phenoxy) is 1. The first-order valence-electron chi connectivity index (χ1n) is 6.03. The summed E-state index contributed by atoms with van der Waals surface area (Å²) in [7, 11) is 1.95. The van der Waals surface area contributed by atoms with Crippen molar-refractivity contribution in [1.29, 1.82) is 0 Å². The average Bonchev–Trinajstić information content (AvgIpc) is 2.81. The van der Waals surface area contributed by atoms with Crippen molar-refractivity contribution in [3.8, 4) is 5.75 Å². The molecule has 2 rings (SSSR count). The average molecular weight is 246 g/mol. The number of pyridine rings is 1. The van der Waals surface area contributed by atoms with Crippen LogP contribution in [0.2, 0.25) is 0 Å². The van der Waals surface area contributed by atoms with Crippen LogP contribution in [0.1, 0.15) is 18.3 Å². The smallest absolute Gasteiger partial charge is 0.138 e. The lowest BCUT2D eigenvalue weighted by atomic mass is 10.3. The highest BCUT2D eigenvalue weighted by atomic mass is 16.5. The van der Waals surface area contributed by atoms with Crippen molar-refractivity contribution in [2.45, 2.75) is 20.1 Å². The predicted octanol–water partition coefficient (Wildman–Crippen LogP) is 1.50. The molecule has 0 unspecified atom stereocenters. The fourth-order valence-electron chi connectivity index (χ4n) is 1.53. The Labute approximate surface area is 107 Å². The number of nitrogens with one attached hydrogen (secondary N) is 1. The monoisotopic (exact) mass is 246 g/mol. The molecule has 0 aromatic carbocycles. The zero-order valence-electron chi connectivity index (χ0n) is 10.8. The number of rotatable bonds is 6. The molecule has 0 bridgehead atoms. The zero-order valence-corrected chi connectivity index (χ0v) is 10.8. The first-order valence-corrected chi connectivity index (χ1v) is 6.03. The third-order valence-electron chi connectivity index (χ3n) is 2.66. The van der Waals surface area contributed by atoms with E-state index in [-0.39, 0.29) is 0 Å². The van der Waals surface area contributed by atoms with Gasteiger partial charge in [0.25, 0.3) is 0 Å². The van der Waals surface area contributed by atoms with E-state index >= 15 is 0 Å². The summed E-state index contributed by atoms with van der Waals surface area (Å²) >= 11 is 0. The molecule has 0 fully saturated rings. The van der Waals surface area contributed by atoms with Gasteiger partial charge in [-0.25, -0.2) is 4.98 Å². The summed E-state index contributed by atoms with van der Waals surface area (Å²) in [5.41, 5.74) is 2.05. The van der Waals surface area contributed by atoms with Crippen molar-refractivity contribution < 1.29 is 4.74 Å². The van der Waals surface area contributed by atoms with Crippen LogP contribution in [0.3, 0.4) is 0 Å². The highest BCUT2D eigenvalue weighted by Crippen LogP contribution is 2.11. The minimum Gasteiger partial charge on any atom is -0.486 e. The first kappa shape index (κ1) is 12.6. The van der Waals surface area contributed by atoms with E-state index in [9.17, 15) is 0 Å². The molecule has 0 aliphatic carbocycles. The van der Waals surface area contributed by atoms with E-state index in [0.717, 1.165) is 30.2 Å². The highest BCUT2D eigenvalue weighted by molar-refractivity contribution is 5.20. The second-order valence-electron chi connectivity index (χ2n) is 4.05. The van der Waals surface area contributed by atoms with Gasteiger partial charge in [-0.15, -0.1) is 0 Å². The second-order valence-corrected chi connectivity index (χ2v) is 4.05. The summed E-state index contributed by atoms with van der Waals surface area (Å²) in [6.45, 7) is 4.31. The number of aromatic nitrogens is 3. The highest BCUT2D eigenvalue weighted by Gasteiger charge is 2.00. The summed E-state index contributed by atoms with van der Waals surface area (Å²) in [5.74, 6) is 0.774. The van der Waals surface area contributed by atoms with Crippen LogP contribution in [-0.4, -0.2) is 21.1 Å². The van der Waals surface area contributed by atoms with E-state index in [4.69, 9.17) is 4.74 Å². The molecule has 0 atom stereocenters. The number of aryl methyl sites for hydroxylation is 1. The summed E-state index contributed by atoms with van der Waals surface area (Å²) in [4.78, 5) is 8.37. The van der Waals surface area contributed by atoms with Gasteiger partial charge in [0.1, 0.15) is 12.4 Å². The topological polar surface area (TPSA) is 52.0 Å². The summed E-state index contributed by atoms with van der Waals surface area (Å²) in [5, 5.41) is 3.23. The fourth-order valence-corrected chi connectivity index (χ4v) is 1.53. The Morgan fingerprint density at radius 3 is 2.83 bits per heavy atom. The lowest BCUT2D eigenvalue weighted by Crippen LogP contribution is -2.12. The maximum absolute atomic E-state index is 5.65. The van der Waals surface area contributed by atoms with E-state index in [0.29, 0.717) is 6.61 Å². The van der Waals surface area contributed by atoms with Crippen LogP contribution in [-0.2, 0) is 20.2 Å². The van der Waals surface area contributed by atoms with Crippen molar-refractivity contribution in [3.05, 3.63) is 42.2 Å². The van der Waals surface area contributed by atoms with Crippen LogP contribution in [0.25, 0.3) is 0 Å². The molecule has 0 saturated heterocycles. The molecule has 0 spiro atoms. The van der Waals surface area contributed by atoms with Crippen LogP contribution >= 0.6 is 0 Å². The van der Waals surface area contributed by atoms with Gasteiger partial charge in [0.2, 0.25) is 0 Å². The molecular weight excluding hydrogens is 228 g/mol. The van der Waals surface area contributed by atoms with E-state index in [2.05, 4.69) is 22.2 Å². The van der Waals surface area contributed by atoms with Gasteiger partial charge < -0.3 is 14.6 Å². The van der Waals surface area contributed by atoms with Gasteiger partial charge in [0, 0.05) is 13.6 Å². The molecule has 2 aromatic rings. The quantitative estimate of drug-likeness (QED) is 0.839.